The monoisotopic (exact) mass is 351 g/mol. The summed E-state index contributed by atoms with van der Waals surface area (Å²) in [7, 11) is 0. The molecular formula is C14H11ClFN5OS. The van der Waals surface area contributed by atoms with Gasteiger partial charge < -0.3 is 4.90 Å². The summed E-state index contributed by atoms with van der Waals surface area (Å²) < 4.78 is 14.9. The van der Waals surface area contributed by atoms with E-state index >= 15 is 0 Å². The number of thiazole rings is 1. The normalized spacial score (nSPS) is 20.3. The number of nitrogens with one attached hydrogen (secondary N) is 1. The van der Waals surface area contributed by atoms with Gasteiger partial charge in [0.25, 0.3) is 5.91 Å². The highest BCUT2D eigenvalue weighted by atomic mass is 35.5. The van der Waals surface area contributed by atoms with Crippen LogP contribution in [0.25, 0.3) is 0 Å². The Hall–Kier alpha value is -2.24. The Kier molecular flexibility index (Phi) is 4.15. The van der Waals surface area contributed by atoms with Gasteiger partial charge in [0.05, 0.1) is 17.1 Å². The predicted octanol–water partition coefficient (Wildman–Crippen LogP) is 2.62. The number of amides is 1. The molecule has 23 heavy (non-hydrogen) atoms. The van der Waals surface area contributed by atoms with Crippen molar-refractivity contribution in [3.05, 3.63) is 34.4 Å². The van der Waals surface area contributed by atoms with Gasteiger partial charge in [0, 0.05) is 30.7 Å². The maximum atomic E-state index is 14.9. The fraction of sp³-hybridized carbons (Fsp3) is 0.286. The van der Waals surface area contributed by atoms with E-state index in [9.17, 15) is 9.18 Å². The number of aromatic nitrogens is 2. The van der Waals surface area contributed by atoms with Gasteiger partial charge in [0.15, 0.2) is 5.13 Å². The van der Waals surface area contributed by atoms with Crippen LogP contribution in [-0.2, 0) is 4.79 Å². The first-order valence-corrected chi connectivity index (χ1v) is 7.98. The molecule has 1 unspecified atom stereocenters. The molecule has 2 aromatic heterocycles. The summed E-state index contributed by atoms with van der Waals surface area (Å²) in [6.45, 7) is 0.156. The lowest BCUT2D eigenvalue weighted by Gasteiger charge is -2.21. The van der Waals surface area contributed by atoms with Crippen molar-refractivity contribution in [2.45, 2.75) is 12.1 Å². The summed E-state index contributed by atoms with van der Waals surface area (Å²) in [6.07, 6.45) is 2.93. The second-order valence-electron chi connectivity index (χ2n) is 5.07. The zero-order valence-electron chi connectivity index (χ0n) is 11.8. The number of nitriles is 1. The summed E-state index contributed by atoms with van der Waals surface area (Å²) in [5.41, 5.74) is -1.71. The molecule has 1 amide bonds. The van der Waals surface area contributed by atoms with Crippen molar-refractivity contribution in [3.8, 4) is 6.07 Å². The lowest BCUT2D eigenvalue weighted by atomic mass is 10.1. The first-order valence-electron chi connectivity index (χ1n) is 6.72. The third-order valence-corrected chi connectivity index (χ3v) is 4.50. The Morgan fingerprint density at radius 2 is 2.39 bits per heavy atom. The Morgan fingerprint density at radius 3 is 3.04 bits per heavy atom. The summed E-state index contributed by atoms with van der Waals surface area (Å²) in [5, 5.41) is 13.6. The summed E-state index contributed by atoms with van der Waals surface area (Å²) >= 11 is 7.31. The van der Waals surface area contributed by atoms with E-state index in [-0.39, 0.29) is 18.0 Å². The van der Waals surface area contributed by atoms with Crippen molar-refractivity contribution in [3.63, 3.8) is 0 Å². The molecule has 3 rings (SSSR count). The minimum atomic E-state index is -2.04. The predicted molar refractivity (Wildman–Crippen MR) is 85.4 cm³/mol. The van der Waals surface area contributed by atoms with Gasteiger partial charge in [0.2, 0.25) is 5.67 Å². The van der Waals surface area contributed by atoms with Gasteiger partial charge in [-0.25, -0.2) is 14.4 Å². The lowest BCUT2D eigenvalue weighted by Crippen LogP contribution is -2.41. The molecule has 0 bridgehead atoms. The van der Waals surface area contributed by atoms with Crippen LogP contribution in [0.5, 0.6) is 0 Å². The first-order chi connectivity index (χ1) is 11.0. The minimum absolute atomic E-state index is 0.0300. The van der Waals surface area contributed by atoms with E-state index < -0.39 is 11.6 Å². The maximum Gasteiger partial charge on any atom is 0.265 e. The second-order valence-corrected chi connectivity index (χ2v) is 6.37. The molecule has 1 N–H and O–H groups in total. The van der Waals surface area contributed by atoms with Crippen molar-refractivity contribution in [1.82, 2.24) is 9.97 Å². The molecule has 0 spiro atoms. The van der Waals surface area contributed by atoms with Crippen LogP contribution in [-0.4, -0.2) is 34.6 Å². The number of halogens is 2. The molecule has 3 heterocycles. The van der Waals surface area contributed by atoms with Gasteiger partial charge in [-0.2, -0.15) is 5.26 Å². The largest absolute Gasteiger partial charge is 0.351 e. The number of carbonyl (C=O) groups excluding carboxylic acids is 1. The molecule has 6 nitrogen and oxygen atoms in total. The highest BCUT2D eigenvalue weighted by Gasteiger charge is 2.46. The van der Waals surface area contributed by atoms with Gasteiger partial charge in [-0.05, 0) is 6.07 Å². The Bertz CT molecular complexity index is 778. The van der Waals surface area contributed by atoms with Crippen LogP contribution in [0.4, 0.5) is 15.3 Å². The smallest absolute Gasteiger partial charge is 0.265 e. The fourth-order valence-corrected chi connectivity index (χ4v) is 3.17. The van der Waals surface area contributed by atoms with E-state index in [0.29, 0.717) is 23.1 Å². The van der Waals surface area contributed by atoms with Gasteiger partial charge in [-0.15, -0.1) is 11.3 Å². The minimum Gasteiger partial charge on any atom is -0.351 e. The van der Waals surface area contributed by atoms with Crippen LogP contribution >= 0.6 is 22.9 Å². The number of nitrogens with zero attached hydrogens (tertiary/aromatic N) is 4. The molecule has 0 radical (unpaired) electrons. The average molecular weight is 352 g/mol. The molecule has 1 aliphatic rings. The van der Waals surface area contributed by atoms with Gasteiger partial charge in [-0.3, -0.25) is 10.1 Å². The number of alkyl halides is 1. The average Bonchev–Trinajstić information content (AvgIpc) is 3.17. The summed E-state index contributed by atoms with van der Waals surface area (Å²) in [5.74, 6) is -0.355. The fourth-order valence-electron chi connectivity index (χ4n) is 2.36. The first kappa shape index (κ1) is 15.6. The number of hydrogen-bond acceptors (Lipinski definition) is 6. The highest BCUT2D eigenvalue weighted by molar-refractivity contribution is 7.13. The quantitative estimate of drug-likeness (QED) is 0.919. The van der Waals surface area contributed by atoms with Crippen molar-refractivity contribution in [2.24, 2.45) is 0 Å². The van der Waals surface area contributed by atoms with Crippen molar-refractivity contribution in [1.29, 1.82) is 5.26 Å². The molecule has 1 fully saturated rings. The number of pyridine rings is 1. The number of hydrogen-bond donors (Lipinski definition) is 1. The molecule has 0 aliphatic carbocycles. The van der Waals surface area contributed by atoms with E-state index in [4.69, 9.17) is 16.9 Å². The molecular weight excluding hydrogens is 341 g/mol. The number of rotatable bonds is 3. The summed E-state index contributed by atoms with van der Waals surface area (Å²) in [4.78, 5) is 21.8. The molecule has 0 aromatic carbocycles. The maximum absolute atomic E-state index is 14.9. The molecule has 0 saturated carbocycles. The zero-order valence-corrected chi connectivity index (χ0v) is 13.4. The van der Waals surface area contributed by atoms with E-state index in [1.54, 1.807) is 10.3 Å². The van der Waals surface area contributed by atoms with Crippen LogP contribution in [0.15, 0.2) is 23.8 Å². The molecule has 1 atom stereocenters. The van der Waals surface area contributed by atoms with Crippen LogP contribution < -0.4 is 10.2 Å². The van der Waals surface area contributed by atoms with Crippen LogP contribution in [0.1, 0.15) is 12.0 Å². The summed E-state index contributed by atoms with van der Waals surface area (Å²) in [6, 6.07) is 3.41. The Balaban J connectivity index is 1.74. The van der Waals surface area contributed by atoms with Gasteiger partial charge >= 0.3 is 0 Å². The Morgan fingerprint density at radius 1 is 1.57 bits per heavy atom. The molecule has 1 saturated heterocycles. The van der Waals surface area contributed by atoms with Gasteiger partial charge in [-0.1, -0.05) is 11.6 Å². The van der Waals surface area contributed by atoms with E-state index in [0.717, 1.165) is 0 Å². The van der Waals surface area contributed by atoms with Gasteiger partial charge in [0.1, 0.15) is 11.9 Å². The van der Waals surface area contributed by atoms with Crippen molar-refractivity contribution >= 4 is 39.8 Å². The highest BCUT2D eigenvalue weighted by Crippen LogP contribution is 2.33. The van der Waals surface area contributed by atoms with Crippen LogP contribution in [0, 0.1) is 11.3 Å². The SMILES string of the molecule is N#Cc1cnc(N2CCC(F)(C(=O)Nc3nccs3)C2)c(Cl)c1. The third kappa shape index (κ3) is 3.11. The third-order valence-electron chi connectivity index (χ3n) is 3.53. The van der Waals surface area contributed by atoms with E-state index in [2.05, 4.69) is 15.3 Å². The standard InChI is InChI=1S/C14H11ClFN5OS/c15-10-5-9(6-17)7-19-11(10)21-3-1-14(16,8-21)12(22)20-13-18-2-4-23-13/h2,4-5,7H,1,3,8H2,(H,18,20,22). The van der Waals surface area contributed by atoms with Crippen LogP contribution in [0.2, 0.25) is 5.02 Å². The zero-order chi connectivity index (χ0) is 16.4. The van der Waals surface area contributed by atoms with Crippen molar-refractivity contribution in [2.75, 3.05) is 23.3 Å². The topological polar surface area (TPSA) is 81.9 Å². The Labute approximate surface area is 140 Å². The lowest BCUT2D eigenvalue weighted by molar-refractivity contribution is -0.126. The van der Waals surface area contributed by atoms with E-state index in [1.165, 1.54) is 29.8 Å². The molecule has 1 aliphatic heterocycles. The van der Waals surface area contributed by atoms with Crippen molar-refractivity contribution < 1.29 is 9.18 Å². The molecule has 118 valence electrons. The van der Waals surface area contributed by atoms with Crippen LogP contribution in [0.3, 0.4) is 0 Å². The molecule has 9 heteroatoms. The second kappa shape index (κ2) is 6.10. The number of carbonyl (C=O) groups is 1. The molecule has 2 aromatic rings. The van der Waals surface area contributed by atoms with E-state index in [1.807, 2.05) is 6.07 Å². The number of anilines is 2.